The molecule has 1 atom stereocenters. The van der Waals surface area contributed by atoms with Crippen LogP contribution in [0.15, 0.2) is 59.9 Å². The minimum Gasteiger partial charge on any atom is -0.497 e. The van der Waals surface area contributed by atoms with E-state index < -0.39 is 16.7 Å². The highest BCUT2D eigenvalue weighted by Crippen LogP contribution is 2.23. The van der Waals surface area contributed by atoms with E-state index in [4.69, 9.17) is 4.74 Å². The van der Waals surface area contributed by atoms with Gasteiger partial charge in [-0.3, -0.25) is 14.0 Å². The predicted octanol–water partition coefficient (Wildman–Crippen LogP) is 2.46. The summed E-state index contributed by atoms with van der Waals surface area (Å²) in [4.78, 5) is 21.1. The number of aryl methyl sites for hydroxylation is 1. The van der Waals surface area contributed by atoms with Crippen molar-refractivity contribution in [2.24, 2.45) is 0 Å². The highest BCUT2D eigenvalue weighted by atomic mass is 32.2. The molecule has 0 radical (unpaired) electrons. The Kier molecular flexibility index (Phi) is 8.43. The van der Waals surface area contributed by atoms with Gasteiger partial charge in [-0.05, 0) is 60.4 Å². The third-order valence-electron chi connectivity index (χ3n) is 4.77. The summed E-state index contributed by atoms with van der Waals surface area (Å²) in [6.07, 6.45) is 4.18. The van der Waals surface area contributed by atoms with E-state index in [0.29, 0.717) is 30.0 Å². The molecule has 0 saturated carbocycles. The summed E-state index contributed by atoms with van der Waals surface area (Å²) < 4.78 is 18.5. The molecule has 2 aromatic heterocycles. The van der Waals surface area contributed by atoms with E-state index in [1.54, 1.807) is 37.4 Å². The average molecular weight is 456 g/mol. The number of ether oxygens (including phenoxy) is 1. The molecule has 3 rings (SSSR count). The Morgan fingerprint density at radius 2 is 1.94 bits per heavy atom. The van der Waals surface area contributed by atoms with Gasteiger partial charge in [-0.25, -0.2) is 4.98 Å². The predicted molar refractivity (Wildman–Crippen MR) is 121 cm³/mol. The summed E-state index contributed by atoms with van der Waals surface area (Å²) >= 11 is 0. The molecule has 0 aliphatic heterocycles. The standard InChI is InChI=1S/C23H25N3O5S/c1-31-20-7-6-17(16(12-20)4-3-11-27)15-32(30)23-21(5-2-9-25-23)22(29)26-18-8-10-24-19(13-18)14-28/h2,5-10,12-13,27-28H,3-4,11,14-15H2,1H3,(H,24,26,29). The lowest BCUT2D eigenvalue weighted by Gasteiger charge is -2.13. The number of carbonyl (C=O) groups excluding carboxylic acids is 1. The maximum atomic E-state index is 13.2. The largest absolute Gasteiger partial charge is 0.497 e. The van der Waals surface area contributed by atoms with Crippen LogP contribution >= 0.6 is 0 Å². The van der Waals surface area contributed by atoms with Crippen LogP contribution in [-0.4, -0.2) is 44.0 Å². The van der Waals surface area contributed by atoms with Crippen LogP contribution in [0.5, 0.6) is 5.75 Å². The van der Waals surface area contributed by atoms with Gasteiger partial charge in [0, 0.05) is 24.7 Å². The van der Waals surface area contributed by atoms with Crippen molar-refractivity contribution in [1.82, 2.24) is 9.97 Å². The first-order valence-corrected chi connectivity index (χ1v) is 11.3. The van der Waals surface area contributed by atoms with E-state index in [2.05, 4.69) is 15.3 Å². The van der Waals surface area contributed by atoms with Crippen LogP contribution in [0.3, 0.4) is 0 Å². The Morgan fingerprint density at radius 3 is 2.69 bits per heavy atom. The summed E-state index contributed by atoms with van der Waals surface area (Å²) in [7, 11) is -0.00505. The molecular formula is C23H25N3O5S. The molecule has 0 saturated heterocycles. The summed E-state index contributed by atoms with van der Waals surface area (Å²) in [6.45, 7) is -0.191. The first-order chi connectivity index (χ1) is 15.5. The van der Waals surface area contributed by atoms with Crippen LogP contribution in [0.4, 0.5) is 5.69 Å². The highest BCUT2D eigenvalue weighted by Gasteiger charge is 2.19. The first kappa shape index (κ1) is 23.5. The van der Waals surface area contributed by atoms with Gasteiger partial charge in [0.15, 0.2) is 0 Å². The topological polar surface area (TPSA) is 122 Å². The van der Waals surface area contributed by atoms with Gasteiger partial charge in [0.05, 0.1) is 41.5 Å². The number of aromatic nitrogens is 2. The fourth-order valence-corrected chi connectivity index (χ4v) is 4.45. The summed E-state index contributed by atoms with van der Waals surface area (Å²) in [6, 6.07) is 11.9. The van der Waals surface area contributed by atoms with Crippen molar-refractivity contribution < 1.29 is 24.0 Å². The summed E-state index contributed by atoms with van der Waals surface area (Å²) in [5.74, 6) is 0.406. The van der Waals surface area contributed by atoms with Crippen molar-refractivity contribution in [1.29, 1.82) is 0 Å². The number of anilines is 1. The highest BCUT2D eigenvalue weighted by molar-refractivity contribution is 7.84. The number of nitrogens with zero attached hydrogens (tertiary/aromatic N) is 2. The molecule has 0 bridgehead atoms. The number of hydrogen-bond acceptors (Lipinski definition) is 7. The molecule has 32 heavy (non-hydrogen) atoms. The zero-order valence-electron chi connectivity index (χ0n) is 17.7. The number of methoxy groups -OCH3 is 1. The fourth-order valence-electron chi connectivity index (χ4n) is 3.17. The molecule has 0 fully saturated rings. The number of aliphatic hydroxyl groups is 2. The van der Waals surface area contributed by atoms with E-state index in [0.717, 1.165) is 11.1 Å². The Labute approximate surface area is 188 Å². The van der Waals surface area contributed by atoms with Crippen molar-refractivity contribution in [2.45, 2.75) is 30.2 Å². The van der Waals surface area contributed by atoms with E-state index in [-0.39, 0.29) is 29.6 Å². The fraction of sp³-hybridized carbons (Fsp3) is 0.261. The van der Waals surface area contributed by atoms with Crippen LogP contribution in [0.25, 0.3) is 0 Å². The zero-order chi connectivity index (χ0) is 22.9. The number of hydrogen-bond donors (Lipinski definition) is 3. The Bertz CT molecular complexity index is 1110. The van der Waals surface area contributed by atoms with Gasteiger partial charge in [-0.1, -0.05) is 6.07 Å². The lowest BCUT2D eigenvalue weighted by Crippen LogP contribution is -2.16. The number of carbonyl (C=O) groups is 1. The molecule has 3 N–H and O–H groups in total. The van der Waals surface area contributed by atoms with Gasteiger partial charge in [0.1, 0.15) is 10.8 Å². The van der Waals surface area contributed by atoms with Gasteiger partial charge >= 0.3 is 0 Å². The minimum atomic E-state index is -1.58. The van der Waals surface area contributed by atoms with Crippen molar-refractivity contribution in [3.63, 3.8) is 0 Å². The molecule has 3 aromatic rings. The third-order valence-corrected chi connectivity index (χ3v) is 6.10. The normalized spacial score (nSPS) is 11.7. The average Bonchev–Trinajstić information content (AvgIpc) is 2.83. The quantitative estimate of drug-likeness (QED) is 0.429. The number of pyridine rings is 2. The molecule has 9 heteroatoms. The van der Waals surface area contributed by atoms with Crippen molar-refractivity contribution in [3.05, 3.63) is 77.2 Å². The Morgan fingerprint density at radius 1 is 1.09 bits per heavy atom. The number of amides is 1. The van der Waals surface area contributed by atoms with E-state index >= 15 is 0 Å². The molecular weight excluding hydrogens is 430 g/mol. The first-order valence-electron chi connectivity index (χ1n) is 10.0. The Hall–Kier alpha value is -3.14. The maximum absolute atomic E-state index is 13.2. The van der Waals surface area contributed by atoms with E-state index in [1.165, 1.54) is 12.4 Å². The molecule has 0 spiro atoms. The Balaban J connectivity index is 1.83. The number of nitrogens with one attached hydrogen (secondary N) is 1. The molecule has 0 aliphatic carbocycles. The van der Waals surface area contributed by atoms with Gasteiger partial charge in [0.25, 0.3) is 5.91 Å². The van der Waals surface area contributed by atoms with Crippen LogP contribution < -0.4 is 10.1 Å². The van der Waals surface area contributed by atoms with Crippen LogP contribution in [0.2, 0.25) is 0 Å². The second-order valence-corrected chi connectivity index (χ2v) is 8.32. The molecule has 0 aliphatic rings. The van der Waals surface area contributed by atoms with Gasteiger partial charge < -0.3 is 20.3 Å². The monoisotopic (exact) mass is 455 g/mol. The van der Waals surface area contributed by atoms with Crippen LogP contribution in [0, 0.1) is 0 Å². The zero-order valence-corrected chi connectivity index (χ0v) is 18.5. The third kappa shape index (κ3) is 5.97. The maximum Gasteiger partial charge on any atom is 0.258 e. The van der Waals surface area contributed by atoms with Crippen LogP contribution in [0.1, 0.15) is 33.6 Å². The lowest BCUT2D eigenvalue weighted by molar-refractivity contribution is 0.102. The van der Waals surface area contributed by atoms with Gasteiger partial charge in [-0.15, -0.1) is 0 Å². The second kappa shape index (κ2) is 11.5. The summed E-state index contributed by atoms with van der Waals surface area (Å²) in [5, 5.41) is 21.3. The van der Waals surface area contributed by atoms with Gasteiger partial charge in [0.2, 0.25) is 0 Å². The molecule has 168 valence electrons. The smallest absolute Gasteiger partial charge is 0.258 e. The molecule has 1 unspecified atom stereocenters. The molecule has 8 nitrogen and oxygen atoms in total. The molecule has 2 heterocycles. The number of rotatable bonds is 10. The van der Waals surface area contributed by atoms with Crippen molar-refractivity contribution >= 4 is 22.4 Å². The second-order valence-electron chi connectivity index (χ2n) is 6.96. The van der Waals surface area contributed by atoms with Crippen LogP contribution in [-0.2, 0) is 29.6 Å². The van der Waals surface area contributed by atoms with Crippen molar-refractivity contribution in [3.8, 4) is 5.75 Å². The van der Waals surface area contributed by atoms with Crippen molar-refractivity contribution in [2.75, 3.05) is 19.0 Å². The number of benzene rings is 1. The molecule has 1 aromatic carbocycles. The van der Waals surface area contributed by atoms with Gasteiger partial charge in [-0.2, -0.15) is 0 Å². The van der Waals surface area contributed by atoms with E-state index in [9.17, 15) is 19.2 Å². The summed E-state index contributed by atoms with van der Waals surface area (Å²) in [5.41, 5.74) is 2.88. The number of aliphatic hydroxyl groups excluding tert-OH is 2. The minimum absolute atomic E-state index is 0.0529. The SMILES string of the molecule is COc1ccc(CS(=O)c2ncccc2C(=O)Nc2ccnc(CO)c2)c(CCCO)c1. The lowest BCUT2D eigenvalue weighted by atomic mass is 10.0. The van der Waals surface area contributed by atoms with E-state index in [1.807, 2.05) is 12.1 Å². The molecule has 1 amide bonds.